The zero-order valence-electron chi connectivity index (χ0n) is 10.5. The lowest BCUT2D eigenvalue weighted by Gasteiger charge is -2.06. The molecule has 0 saturated heterocycles. The number of rotatable bonds is 4. The van der Waals surface area contributed by atoms with Gasteiger partial charge in [-0.25, -0.2) is 4.79 Å². The number of carbonyl (C=O) groups is 1. The highest BCUT2D eigenvalue weighted by atomic mass is 35.5. The Kier molecular flexibility index (Phi) is 3.62. The number of aromatic nitrogens is 1. The highest BCUT2D eigenvalue weighted by Crippen LogP contribution is 2.31. The van der Waals surface area contributed by atoms with Gasteiger partial charge in [0.2, 0.25) is 0 Å². The van der Waals surface area contributed by atoms with Gasteiger partial charge < -0.3 is 9.67 Å². The molecular weight excluding hydrogens is 250 g/mol. The lowest BCUT2D eigenvalue weighted by atomic mass is 10.1. The molecule has 0 aliphatic rings. The summed E-state index contributed by atoms with van der Waals surface area (Å²) in [5.41, 5.74) is 2.22. The summed E-state index contributed by atoms with van der Waals surface area (Å²) in [4.78, 5) is 11.3. The van der Waals surface area contributed by atoms with Crippen molar-refractivity contribution in [1.29, 1.82) is 0 Å². The molecule has 2 aromatic rings. The Morgan fingerprint density at radius 1 is 1.44 bits per heavy atom. The predicted molar refractivity (Wildman–Crippen MR) is 73.6 cm³/mol. The van der Waals surface area contributed by atoms with Gasteiger partial charge >= 0.3 is 5.97 Å². The number of fused-ring (bicyclic) bond motifs is 1. The van der Waals surface area contributed by atoms with E-state index in [1.54, 1.807) is 0 Å². The molecule has 1 aromatic heterocycles. The summed E-state index contributed by atoms with van der Waals surface area (Å²) in [6.45, 7) is 4.84. The van der Waals surface area contributed by atoms with Crippen molar-refractivity contribution < 1.29 is 9.90 Å². The van der Waals surface area contributed by atoms with E-state index in [0.717, 1.165) is 30.5 Å². The van der Waals surface area contributed by atoms with E-state index in [-0.39, 0.29) is 5.56 Å². The molecule has 0 bridgehead atoms. The first kappa shape index (κ1) is 13.0. The normalized spacial score (nSPS) is 11.1. The average molecular weight is 266 g/mol. The van der Waals surface area contributed by atoms with E-state index < -0.39 is 5.97 Å². The Bertz CT molecular complexity index is 601. The number of aromatic carboxylic acids is 1. The van der Waals surface area contributed by atoms with Gasteiger partial charge in [-0.05, 0) is 25.0 Å². The van der Waals surface area contributed by atoms with Gasteiger partial charge in [-0.2, -0.15) is 0 Å². The van der Waals surface area contributed by atoms with Crippen molar-refractivity contribution in [3.8, 4) is 0 Å². The molecule has 18 heavy (non-hydrogen) atoms. The lowest BCUT2D eigenvalue weighted by molar-refractivity contribution is 0.0699. The highest BCUT2D eigenvalue weighted by Gasteiger charge is 2.20. The Balaban J connectivity index is 2.70. The number of aryl methyl sites for hydroxylation is 2. The van der Waals surface area contributed by atoms with Crippen LogP contribution in [0.25, 0.3) is 10.9 Å². The van der Waals surface area contributed by atoms with Crippen LogP contribution in [0.15, 0.2) is 18.2 Å². The Morgan fingerprint density at radius 2 is 2.17 bits per heavy atom. The molecule has 0 spiro atoms. The molecule has 0 amide bonds. The summed E-state index contributed by atoms with van der Waals surface area (Å²) in [5, 5.41) is 10.3. The number of carboxylic acid groups (broad SMARTS) is 1. The van der Waals surface area contributed by atoms with E-state index in [1.165, 1.54) is 0 Å². The quantitative estimate of drug-likeness (QED) is 0.904. The van der Waals surface area contributed by atoms with Crippen LogP contribution in [0, 0.1) is 6.92 Å². The molecule has 0 aliphatic carbocycles. The minimum absolute atomic E-state index is 0.211. The van der Waals surface area contributed by atoms with Gasteiger partial charge in [0.05, 0.1) is 5.52 Å². The molecule has 4 heteroatoms. The van der Waals surface area contributed by atoms with Crippen molar-refractivity contribution in [3.05, 3.63) is 34.5 Å². The smallest absolute Gasteiger partial charge is 0.339 e. The van der Waals surface area contributed by atoms with Gasteiger partial charge in [0.15, 0.2) is 0 Å². The molecule has 1 N–H and O–H groups in total. The van der Waals surface area contributed by atoms with Crippen LogP contribution in [0.1, 0.15) is 35.7 Å². The van der Waals surface area contributed by atoms with Crippen molar-refractivity contribution in [3.63, 3.8) is 0 Å². The molecule has 96 valence electrons. The lowest BCUT2D eigenvalue weighted by Crippen LogP contribution is -2.00. The van der Waals surface area contributed by atoms with Crippen LogP contribution in [0.5, 0.6) is 0 Å². The first-order valence-electron chi connectivity index (χ1n) is 6.08. The van der Waals surface area contributed by atoms with Crippen molar-refractivity contribution >= 4 is 28.5 Å². The van der Waals surface area contributed by atoms with Gasteiger partial charge in [0.1, 0.15) is 10.7 Å². The van der Waals surface area contributed by atoms with Gasteiger partial charge in [-0.1, -0.05) is 37.1 Å². The zero-order chi connectivity index (χ0) is 13.3. The van der Waals surface area contributed by atoms with Gasteiger partial charge in [0.25, 0.3) is 0 Å². The van der Waals surface area contributed by atoms with Crippen molar-refractivity contribution in [2.45, 2.75) is 33.2 Å². The second-order valence-corrected chi connectivity index (χ2v) is 4.85. The summed E-state index contributed by atoms with van der Waals surface area (Å²) >= 11 is 6.22. The van der Waals surface area contributed by atoms with E-state index in [0.29, 0.717) is 10.5 Å². The molecular formula is C14H16ClNO2. The van der Waals surface area contributed by atoms with Crippen molar-refractivity contribution in [2.75, 3.05) is 0 Å². The molecule has 2 rings (SSSR count). The molecule has 0 radical (unpaired) electrons. The third-order valence-electron chi connectivity index (χ3n) is 3.11. The SMILES string of the molecule is CCCCn1c(Cl)c(C(=O)O)c2ccc(C)cc21. The van der Waals surface area contributed by atoms with Gasteiger partial charge in [-0.15, -0.1) is 0 Å². The van der Waals surface area contributed by atoms with E-state index in [4.69, 9.17) is 11.6 Å². The molecule has 0 fully saturated rings. The van der Waals surface area contributed by atoms with Crippen LogP contribution in [-0.4, -0.2) is 15.6 Å². The fourth-order valence-electron chi connectivity index (χ4n) is 2.17. The molecule has 0 saturated carbocycles. The summed E-state index contributed by atoms with van der Waals surface area (Å²) < 4.78 is 1.90. The monoisotopic (exact) mass is 265 g/mol. The van der Waals surface area contributed by atoms with Crippen LogP contribution >= 0.6 is 11.6 Å². The fraction of sp³-hybridized carbons (Fsp3) is 0.357. The van der Waals surface area contributed by atoms with E-state index in [1.807, 2.05) is 29.7 Å². The number of nitrogens with zero attached hydrogens (tertiary/aromatic N) is 1. The second kappa shape index (κ2) is 5.02. The highest BCUT2D eigenvalue weighted by molar-refractivity contribution is 6.35. The molecule has 3 nitrogen and oxygen atoms in total. The molecule has 0 aliphatic heterocycles. The summed E-state index contributed by atoms with van der Waals surface area (Å²) in [5.74, 6) is -0.968. The van der Waals surface area contributed by atoms with Crippen LogP contribution in [0.3, 0.4) is 0 Å². The first-order valence-corrected chi connectivity index (χ1v) is 6.45. The first-order chi connectivity index (χ1) is 8.56. The van der Waals surface area contributed by atoms with E-state index >= 15 is 0 Å². The number of unbranched alkanes of at least 4 members (excludes halogenated alkanes) is 1. The fourth-order valence-corrected chi connectivity index (χ4v) is 2.52. The second-order valence-electron chi connectivity index (χ2n) is 4.50. The zero-order valence-corrected chi connectivity index (χ0v) is 11.3. The maximum Gasteiger partial charge on any atom is 0.339 e. The van der Waals surface area contributed by atoms with Crippen LogP contribution in [0.2, 0.25) is 5.15 Å². The maximum absolute atomic E-state index is 11.3. The largest absolute Gasteiger partial charge is 0.478 e. The van der Waals surface area contributed by atoms with Crippen LogP contribution in [0.4, 0.5) is 0 Å². The standard InChI is InChI=1S/C14H16ClNO2/c1-3-4-7-16-11-8-9(2)5-6-10(11)12(13(16)15)14(17)18/h5-6,8H,3-4,7H2,1-2H3,(H,17,18). The Hall–Kier alpha value is -1.48. The molecule has 0 atom stereocenters. The number of hydrogen-bond donors (Lipinski definition) is 1. The summed E-state index contributed by atoms with van der Waals surface area (Å²) in [6.07, 6.45) is 2.03. The van der Waals surface area contributed by atoms with Crippen LogP contribution in [-0.2, 0) is 6.54 Å². The van der Waals surface area contributed by atoms with E-state index in [9.17, 15) is 9.90 Å². The number of carboxylic acids is 1. The van der Waals surface area contributed by atoms with Gasteiger partial charge in [-0.3, -0.25) is 0 Å². The Labute approximate surface area is 111 Å². The minimum Gasteiger partial charge on any atom is -0.478 e. The molecule has 1 heterocycles. The molecule has 0 unspecified atom stereocenters. The van der Waals surface area contributed by atoms with Crippen molar-refractivity contribution in [1.82, 2.24) is 4.57 Å². The number of hydrogen-bond acceptors (Lipinski definition) is 1. The third-order valence-corrected chi connectivity index (χ3v) is 3.50. The number of benzene rings is 1. The topological polar surface area (TPSA) is 42.2 Å². The van der Waals surface area contributed by atoms with Gasteiger partial charge in [0, 0.05) is 11.9 Å². The third kappa shape index (κ3) is 2.10. The maximum atomic E-state index is 11.3. The number of halogens is 1. The molecule has 1 aromatic carbocycles. The van der Waals surface area contributed by atoms with Crippen LogP contribution < -0.4 is 0 Å². The predicted octanol–water partition coefficient (Wildman–Crippen LogP) is 4.10. The average Bonchev–Trinajstić information content (AvgIpc) is 2.58. The minimum atomic E-state index is -0.968. The Morgan fingerprint density at radius 3 is 2.78 bits per heavy atom. The van der Waals surface area contributed by atoms with Crippen molar-refractivity contribution in [2.24, 2.45) is 0 Å². The summed E-state index contributed by atoms with van der Waals surface area (Å²) in [7, 11) is 0. The summed E-state index contributed by atoms with van der Waals surface area (Å²) in [6, 6.07) is 5.74. The van der Waals surface area contributed by atoms with E-state index in [2.05, 4.69) is 6.92 Å².